The molecule has 0 bridgehead atoms. The van der Waals surface area contributed by atoms with E-state index in [2.05, 4.69) is 11.4 Å². The number of rotatable bonds is 4. The lowest BCUT2D eigenvalue weighted by Crippen LogP contribution is -2.29. The first-order valence-corrected chi connectivity index (χ1v) is 8.47. The van der Waals surface area contributed by atoms with Gasteiger partial charge in [0.25, 0.3) is 5.91 Å². The molecule has 1 fully saturated rings. The van der Waals surface area contributed by atoms with Gasteiger partial charge in [0.05, 0.1) is 0 Å². The smallest absolute Gasteiger partial charge is 0.253 e. The Balaban J connectivity index is 1.71. The number of nitrogens with one attached hydrogen (secondary N) is 1. The van der Waals surface area contributed by atoms with Crippen LogP contribution in [-0.2, 0) is 6.54 Å². The van der Waals surface area contributed by atoms with Crippen molar-refractivity contribution in [2.75, 3.05) is 20.1 Å². The molecule has 1 saturated heterocycles. The van der Waals surface area contributed by atoms with E-state index >= 15 is 0 Å². The maximum atomic E-state index is 12.7. The lowest BCUT2D eigenvalue weighted by atomic mass is 9.90. The van der Waals surface area contributed by atoms with Gasteiger partial charge in [0, 0.05) is 25.7 Å². The predicted octanol–water partition coefficient (Wildman–Crippen LogP) is 3.13. The average Bonchev–Trinajstić information content (AvgIpc) is 2.62. The molecule has 0 radical (unpaired) electrons. The zero-order valence-corrected chi connectivity index (χ0v) is 14.0. The van der Waals surface area contributed by atoms with Gasteiger partial charge in [0.2, 0.25) is 0 Å². The molecule has 1 aliphatic heterocycles. The van der Waals surface area contributed by atoms with Gasteiger partial charge in [-0.3, -0.25) is 4.79 Å². The van der Waals surface area contributed by atoms with E-state index in [4.69, 9.17) is 0 Å². The Labute approximate surface area is 143 Å². The summed E-state index contributed by atoms with van der Waals surface area (Å²) in [5.74, 6) is 0.715. The minimum atomic E-state index is 0.00367. The second-order valence-electron chi connectivity index (χ2n) is 6.50. The molecule has 1 heterocycles. The number of phenolic OH excluding ortho intramolecular Hbond substituents is 1. The first kappa shape index (κ1) is 16.5. The summed E-state index contributed by atoms with van der Waals surface area (Å²) >= 11 is 0. The van der Waals surface area contributed by atoms with Gasteiger partial charge in [0.15, 0.2) is 0 Å². The van der Waals surface area contributed by atoms with Gasteiger partial charge in [-0.25, -0.2) is 0 Å². The minimum Gasteiger partial charge on any atom is -0.508 e. The summed E-state index contributed by atoms with van der Waals surface area (Å²) in [4.78, 5) is 14.4. The van der Waals surface area contributed by atoms with Crippen LogP contribution in [0, 0.1) is 0 Å². The Morgan fingerprint density at radius 1 is 1.25 bits per heavy atom. The Morgan fingerprint density at radius 2 is 2.08 bits per heavy atom. The van der Waals surface area contributed by atoms with Crippen LogP contribution in [0.2, 0.25) is 0 Å². The Bertz CT molecular complexity index is 708. The van der Waals surface area contributed by atoms with E-state index in [1.165, 1.54) is 18.4 Å². The highest BCUT2D eigenvalue weighted by Gasteiger charge is 2.18. The van der Waals surface area contributed by atoms with Crippen molar-refractivity contribution in [2.45, 2.75) is 25.3 Å². The number of hydrogen-bond acceptors (Lipinski definition) is 3. The van der Waals surface area contributed by atoms with E-state index in [0.717, 1.165) is 24.2 Å². The molecule has 4 nitrogen and oxygen atoms in total. The Morgan fingerprint density at radius 3 is 2.83 bits per heavy atom. The molecule has 126 valence electrons. The van der Waals surface area contributed by atoms with Crippen LogP contribution in [0.3, 0.4) is 0 Å². The van der Waals surface area contributed by atoms with Crippen LogP contribution in [0.1, 0.15) is 40.2 Å². The van der Waals surface area contributed by atoms with Crippen molar-refractivity contribution in [2.24, 2.45) is 0 Å². The van der Waals surface area contributed by atoms with Crippen LogP contribution in [0.25, 0.3) is 0 Å². The molecule has 0 aliphatic carbocycles. The van der Waals surface area contributed by atoms with E-state index in [0.29, 0.717) is 12.5 Å². The summed E-state index contributed by atoms with van der Waals surface area (Å²) in [6.07, 6.45) is 2.35. The molecule has 2 N–H and O–H groups in total. The van der Waals surface area contributed by atoms with Crippen LogP contribution in [0.15, 0.2) is 48.5 Å². The number of carbonyl (C=O) groups excluding carboxylic acids is 1. The van der Waals surface area contributed by atoms with Gasteiger partial charge in [-0.1, -0.05) is 24.3 Å². The second-order valence-corrected chi connectivity index (χ2v) is 6.50. The summed E-state index contributed by atoms with van der Waals surface area (Å²) in [6, 6.07) is 15.0. The van der Waals surface area contributed by atoms with Gasteiger partial charge in [-0.05, 0) is 60.7 Å². The van der Waals surface area contributed by atoms with Gasteiger partial charge in [-0.15, -0.1) is 0 Å². The van der Waals surface area contributed by atoms with Gasteiger partial charge in [0.1, 0.15) is 5.75 Å². The topological polar surface area (TPSA) is 52.6 Å². The number of amides is 1. The monoisotopic (exact) mass is 324 g/mol. The SMILES string of the molecule is CN(Cc1cccc(O)c1)C(=O)c1cccc([C@H]2CCCNC2)c1. The van der Waals surface area contributed by atoms with Gasteiger partial charge in [-0.2, -0.15) is 0 Å². The fourth-order valence-electron chi connectivity index (χ4n) is 3.28. The van der Waals surface area contributed by atoms with Crippen molar-refractivity contribution >= 4 is 5.91 Å². The lowest BCUT2D eigenvalue weighted by Gasteiger charge is -2.24. The molecular formula is C20H24N2O2. The van der Waals surface area contributed by atoms with Crippen molar-refractivity contribution in [3.63, 3.8) is 0 Å². The number of benzene rings is 2. The summed E-state index contributed by atoms with van der Waals surface area (Å²) in [5, 5.41) is 13.0. The van der Waals surface area contributed by atoms with Crippen LogP contribution >= 0.6 is 0 Å². The molecule has 0 unspecified atom stereocenters. The average molecular weight is 324 g/mol. The van der Waals surface area contributed by atoms with E-state index in [1.54, 1.807) is 30.1 Å². The summed E-state index contributed by atoms with van der Waals surface area (Å²) in [5.41, 5.74) is 2.87. The molecule has 4 heteroatoms. The number of carbonyl (C=O) groups is 1. The van der Waals surface area contributed by atoms with Crippen LogP contribution in [0.4, 0.5) is 0 Å². The van der Waals surface area contributed by atoms with Crippen LogP contribution in [0.5, 0.6) is 5.75 Å². The highest BCUT2D eigenvalue weighted by Crippen LogP contribution is 2.24. The van der Waals surface area contributed by atoms with Crippen LogP contribution < -0.4 is 5.32 Å². The number of piperidine rings is 1. The summed E-state index contributed by atoms with van der Waals surface area (Å²) < 4.78 is 0. The molecular weight excluding hydrogens is 300 g/mol. The molecule has 0 aromatic heterocycles. The molecule has 0 saturated carbocycles. The van der Waals surface area contributed by atoms with E-state index in [1.807, 2.05) is 24.3 Å². The first-order valence-electron chi connectivity index (χ1n) is 8.47. The van der Waals surface area contributed by atoms with Crippen molar-refractivity contribution in [1.29, 1.82) is 0 Å². The van der Waals surface area contributed by atoms with Crippen LogP contribution in [-0.4, -0.2) is 36.1 Å². The van der Waals surface area contributed by atoms with Crippen molar-refractivity contribution in [1.82, 2.24) is 10.2 Å². The van der Waals surface area contributed by atoms with Crippen molar-refractivity contribution in [3.8, 4) is 5.75 Å². The fraction of sp³-hybridized carbons (Fsp3) is 0.350. The van der Waals surface area contributed by atoms with Gasteiger partial charge >= 0.3 is 0 Å². The number of phenols is 1. The first-order chi connectivity index (χ1) is 11.6. The Hall–Kier alpha value is -2.33. The highest BCUT2D eigenvalue weighted by atomic mass is 16.3. The summed E-state index contributed by atoms with van der Waals surface area (Å²) in [7, 11) is 1.79. The quantitative estimate of drug-likeness (QED) is 0.908. The van der Waals surface area contributed by atoms with Gasteiger partial charge < -0.3 is 15.3 Å². The van der Waals surface area contributed by atoms with E-state index in [9.17, 15) is 9.90 Å². The maximum absolute atomic E-state index is 12.7. The normalized spacial score (nSPS) is 17.5. The molecule has 2 aromatic rings. The van der Waals surface area contributed by atoms with Crippen molar-refractivity contribution < 1.29 is 9.90 Å². The molecule has 24 heavy (non-hydrogen) atoms. The largest absolute Gasteiger partial charge is 0.508 e. The van der Waals surface area contributed by atoms with E-state index < -0.39 is 0 Å². The second kappa shape index (κ2) is 7.49. The number of nitrogens with zero attached hydrogens (tertiary/aromatic N) is 1. The standard InChI is InChI=1S/C20H24N2O2/c1-22(14-15-5-2-9-19(23)11-15)20(24)17-7-3-6-16(12-17)18-8-4-10-21-13-18/h2-3,5-7,9,11-12,18,21,23H,4,8,10,13-14H2,1H3/t18-/m0/s1. The van der Waals surface area contributed by atoms with E-state index in [-0.39, 0.29) is 11.7 Å². The zero-order valence-electron chi connectivity index (χ0n) is 14.0. The number of hydrogen-bond donors (Lipinski definition) is 2. The fourth-order valence-corrected chi connectivity index (χ4v) is 3.28. The summed E-state index contributed by atoms with van der Waals surface area (Å²) in [6.45, 7) is 2.54. The Kier molecular flexibility index (Phi) is 5.16. The third-order valence-electron chi connectivity index (χ3n) is 4.58. The third kappa shape index (κ3) is 3.95. The minimum absolute atomic E-state index is 0.00367. The van der Waals surface area contributed by atoms with Crippen molar-refractivity contribution in [3.05, 3.63) is 65.2 Å². The molecule has 1 atom stereocenters. The third-order valence-corrected chi connectivity index (χ3v) is 4.58. The molecule has 1 amide bonds. The number of aromatic hydroxyl groups is 1. The molecule has 2 aromatic carbocycles. The highest BCUT2D eigenvalue weighted by molar-refractivity contribution is 5.94. The lowest BCUT2D eigenvalue weighted by molar-refractivity contribution is 0.0785. The zero-order chi connectivity index (χ0) is 16.9. The maximum Gasteiger partial charge on any atom is 0.253 e. The molecule has 3 rings (SSSR count). The molecule has 0 spiro atoms. The predicted molar refractivity (Wildman–Crippen MR) is 95.2 cm³/mol. The molecule has 1 aliphatic rings.